The number of hydrogen-bond acceptors (Lipinski definition) is 7. The minimum absolute atomic E-state index is 0.0544. The van der Waals surface area contributed by atoms with E-state index in [0.717, 1.165) is 29.7 Å². The van der Waals surface area contributed by atoms with E-state index in [1.807, 2.05) is 62.4 Å². The summed E-state index contributed by atoms with van der Waals surface area (Å²) in [6, 6.07) is 14.0. The largest absolute Gasteiger partial charge is 0.455 e. The number of carbonyl (C=O) groups excluding carboxylic acids is 4. The normalized spacial score (nSPS) is 25.3. The van der Waals surface area contributed by atoms with Crippen molar-refractivity contribution in [3.05, 3.63) is 90.5 Å². The lowest BCUT2D eigenvalue weighted by Gasteiger charge is -2.38. The predicted molar refractivity (Wildman–Crippen MR) is 199 cm³/mol. The van der Waals surface area contributed by atoms with Crippen molar-refractivity contribution in [2.24, 2.45) is 11.8 Å². The Balaban J connectivity index is 1.49. The zero-order valence-electron chi connectivity index (χ0n) is 29.6. The van der Waals surface area contributed by atoms with E-state index in [9.17, 15) is 19.5 Å². The van der Waals surface area contributed by atoms with Gasteiger partial charge < -0.3 is 29.7 Å². The van der Waals surface area contributed by atoms with Crippen LogP contribution in [0.15, 0.2) is 73.8 Å². The molecule has 2 bridgehead atoms. The van der Waals surface area contributed by atoms with E-state index in [-0.39, 0.29) is 48.7 Å². The molecule has 5 rings (SSSR count). The van der Waals surface area contributed by atoms with Gasteiger partial charge in [-0.3, -0.25) is 19.2 Å². The number of fused-ring (bicyclic) bond motifs is 1. The third-order valence-corrected chi connectivity index (χ3v) is 11.2. The van der Waals surface area contributed by atoms with E-state index in [4.69, 9.17) is 9.47 Å². The lowest BCUT2D eigenvalue weighted by atomic mass is 9.70. The number of ether oxygens (including phenoxy) is 2. The van der Waals surface area contributed by atoms with Crippen LogP contribution in [0.3, 0.4) is 0 Å². The Labute approximate surface area is 309 Å². The van der Waals surface area contributed by atoms with Gasteiger partial charge in [-0.1, -0.05) is 89.5 Å². The number of unbranched alkanes of at least 4 members (excludes halogenated alkanes) is 3. The van der Waals surface area contributed by atoms with Gasteiger partial charge in [0, 0.05) is 36.6 Å². The van der Waals surface area contributed by atoms with E-state index in [1.165, 1.54) is 0 Å². The van der Waals surface area contributed by atoms with Crippen molar-refractivity contribution in [3.63, 3.8) is 0 Å². The number of nitrogens with one attached hydrogen (secondary N) is 1. The first-order valence-electron chi connectivity index (χ1n) is 17.9. The first kappa shape index (κ1) is 38.4. The SMILES string of the molecule is C=CCCC(=O)NC[C@H](OC(=O)[C@@H]1[C@H]2O[C@@]3(CC2Br)[C@H](C(=O)N(CC=C)c2c(C)cccc2C)N(CCCCCCO)C(=O)[C@@H]13)c1ccccc1. The molecule has 274 valence electrons. The van der Waals surface area contributed by atoms with Crippen molar-refractivity contribution >= 4 is 45.3 Å². The monoisotopic (exact) mass is 763 g/mol. The number of alkyl halides is 1. The van der Waals surface area contributed by atoms with E-state index in [1.54, 1.807) is 22.0 Å². The average Bonchev–Trinajstić information content (AvgIpc) is 3.71. The van der Waals surface area contributed by atoms with Crippen LogP contribution in [0.1, 0.15) is 67.7 Å². The molecular weight excluding hydrogens is 714 g/mol. The Morgan fingerprint density at radius 1 is 1.08 bits per heavy atom. The minimum atomic E-state index is -1.26. The molecule has 10 nitrogen and oxygen atoms in total. The number of aryl methyl sites for hydroxylation is 2. The molecule has 3 aliphatic heterocycles. The number of carbonyl (C=O) groups is 4. The van der Waals surface area contributed by atoms with Gasteiger partial charge in [0.2, 0.25) is 11.8 Å². The van der Waals surface area contributed by atoms with Gasteiger partial charge in [-0.15, -0.1) is 13.2 Å². The second-order valence-electron chi connectivity index (χ2n) is 13.8. The van der Waals surface area contributed by atoms with Crippen LogP contribution in [0.25, 0.3) is 0 Å². The highest BCUT2D eigenvalue weighted by Gasteiger charge is 2.77. The molecule has 1 unspecified atom stereocenters. The van der Waals surface area contributed by atoms with Crippen LogP contribution in [-0.2, 0) is 28.7 Å². The van der Waals surface area contributed by atoms with Crippen molar-refractivity contribution in [2.75, 3.05) is 31.1 Å². The number of aliphatic hydroxyl groups excluding tert-OH is 1. The van der Waals surface area contributed by atoms with E-state index in [0.29, 0.717) is 37.8 Å². The molecule has 7 atom stereocenters. The van der Waals surface area contributed by atoms with Crippen LogP contribution in [0, 0.1) is 25.7 Å². The van der Waals surface area contributed by atoms with Gasteiger partial charge in [0.25, 0.3) is 5.91 Å². The van der Waals surface area contributed by atoms with Gasteiger partial charge in [0.05, 0.1) is 24.5 Å². The van der Waals surface area contributed by atoms with Gasteiger partial charge >= 0.3 is 5.97 Å². The molecule has 3 fully saturated rings. The Bertz CT molecular complexity index is 1580. The third-order valence-electron chi connectivity index (χ3n) is 10.4. The third kappa shape index (κ3) is 7.85. The number of likely N-dealkylation sites (tertiary alicyclic amines) is 1. The van der Waals surface area contributed by atoms with E-state index in [2.05, 4.69) is 34.4 Å². The molecule has 2 aromatic rings. The fourth-order valence-electron chi connectivity index (χ4n) is 8.11. The number of benzene rings is 2. The number of para-hydroxylation sites is 1. The number of esters is 1. The summed E-state index contributed by atoms with van der Waals surface area (Å²) in [5, 5.41) is 12.2. The molecule has 2 aromatic carbocycles. The minimum Gasteiger partial charge on any atom is -0.455 e. The number of allylic oxidation sites excluding steroid dienone is 1. The summed E-state index contributed by atoms with van der Waals surface area (Å²) in [4.78, 5) is 59.6. The molecule has 1 spiro atoms. The number of nitrogens with zero attached hydrogens (tertiary/aromatic N) is 2. The van der Waals surface area contributed by atoms with Crippen LogP contribution in [-0.4, -0.2) is 82.5 Å². The van der Waals surface area contributed by atoms with Gasteiger partial charge in [0.1, 0.15) is 17.7 Å². The molecule has 51 heavy (non-hydrogen) atoms. The number of aliphatic hydroxyl groups is 1. The zero-order valence-corrected chi connectivity index (χ0v) is 31.2. The van der Waals surface area contributed by atoms with Crippen molar-refractivity contribution < 1.29 is 33.8 Å². The topological polar surface area (TPSA) is 125 Å². The standard InChI is InChI=1S/C40H50BrN3O7/c1-5-7-20-31(46)42-25-30(28-18-11-10-12-19-28)50-39(49)32-33-37(47)44(22-13-8-9-14-23-45)36(40(33)24-29(41)35(32)51-40)38(48)43(21-6-2)34-26(3)16-15-17-27(34)4/h5-6,10-12,15-19,29-30,32-33,35-36,45H,1-2,7-9,13-14,20-25H2,3-4H3,(H,42,46)/t29?,30-,32-,33+,35-,36-,40+/m0/s1. The van der Waals surface area contributed by atoms with Crippen molar-refractivity contribution in [3.8, 4) is 0 Å². The number of amides is 3. The van der Waals surface area contributed by atoms with Gasteiger partial charge in [-0.05, 0) is 56.2 Å². The Morgan fingerprint density at radius 2 is 1.78 bits per heavy atom. The fourth-order valence-corrected chi connectivity index (χ4v) is 9.05. The first-order valence-corrected chi connectivity index (χ1v) is 18.9. The fraction of sp³-hybridized carbons (Fsp3) is 0.500. The lowest BCUT2D eigenvalue weighted by Crippen LogP contribution is -2.57. The number of halogens is 1. The summed E-state index contributed by atoms with van der Waals surface area (Å²) in [5.41, 5.74) is 2.03. The Morgan fingerprint density at radius 3 is 2.45 bits per heavy atom. The maximum atomic E-state index is 15.0. The maximum Gasteiger partial charge on any atom is 0.313 e. The van der Waals surface area contributed by atoms with E-state index >= 15 is 4.79 Å². The van der Waals surface area contributed by atoms with Crippen molar-refractivity contribution in [1.82, 2.24) is 10.2 Å². The quantitative estimate of drug-likeness (QED) is 0.0891. The van der Waals surface area contributed by atoms with Crippen LogP contribution in [0.4, 0.5) is 5.69 Å². The van der Waals surface area contributed by atoms with Crippen LogP contribution in [0.2, 0.25) is 0 Å². The summed E-state index contributed by atoms with van der Waals surface area (Å²) in [6.07, 6.45) is 5.83. The van der Waals surface area contributed by atoms with Gasteiger partial charge in [-0.25, -0.2) is 0 Å². The molecular formula is C40H50BrN3O7. The molecule has 0 aliphatic carbocycles. The molecule has 0 radical (unpaired) electrons. The Kier molecular flexibility index (Phi) is 12.9. The molecule has 3 aliphatic rings. The molecule has 0 saturated carbocycles. The zero-order chi connectivity index (χ0) is 36.7. The maximum absolute atomic E-state index is 15.0. The van der Waals surface area contributed by atoms with Gasteiger partial charge in [0.15, 0.2) is 0 Å². The molecule has 11 heteroatoms. The highest BCUT2D eigenvalue weighted by Crippen LogP contribution is 2.60. The predicted octanol–water partition coefficient (Wildman–Crippen LogP) is 5.49. The summed E-state index contributed by atoms with van der Waals surface area (Å²) < 4.78 is 13.0. The molecule has 3 heterocycles. The summed E-state index contributed by atoms with van der Waals surface area (Å²) in [6.45, 7) is 12.2. The second kappa shape index (κ2) is 17.1. The number of hydrogen-bond donors (Lipinski definition) is 2. The van der Waals surface area contributed by atoms with Crippen molar-refractivity contribution in [1.29, 1.82) is 0 Å². The molecule has 0 aromatic heterocycles. The smallest absolute Gasteiger partial charge is 0.313 e. The number of rotatable bonds is 18. The number of anilines is 1. The Hall–Kier alpha value is -3.80. The molecule has 3 saturated heterocycles. The highest BCUT2D eigenvalue weighted by atomic mass is 79.9. The van der Waals surface area contributed by atoms with Crippen LogP contribution in [0.5, 0.6) is 0 Å². The molecule has 3 amide bonds. The summed E-state index contributed by atoms with van der Waals surface area (Å²) in [5.74, 6) is -3.28. The summed E-state index contributed by atoms with van der Waals surface area (Å²) in [7, 11) is 0. The average molecular weight is 765 g/mol. The first-order chi connectivity index (χ1) is 24.6. The molecule has 2 N–H and O–H groups in total. The second-order valence-corrected chi connectivity index (χ2v) is 15.0. The highest BCUT2D eigenvalue weighted by molar-refractivity contribution is 9.09. The van der Waals surface area contributed by atoms with Crippen LogP contribution < -0.4 is 10.2 Å². The van der Waals surface area contributed by atoms with Gasteiger partial charge in [-0.2, -0.15) is 0 Å². The summed E-state index contributed by atoms with van der Waals surface area (Å²) >= 11 is 3.76. The lowest BCUT2D eigenvalue weighted by molar-refractivity contribution is -0.160. The van der Waals surface area contributed by atoms with Crippen LogP contribution >= 0.6 is 15.9 Å². The van der Waals surface area contributed by atoms with Crippen molar-refractivity contribution in [2.45, 2.75) is 87.5 Å². The van der Waals surface area contributed by atoms with E-state index < -0.39 is 41.7 Å².